The molecule has 0 aromatic heterocycles. The third kappa shape index (κ3) is 51.8. The van der Waals surface area contributed by atoms with Crippen molar-refractivity contribution >= 4 is 19.8 Å². The summed E-state index contributed by atoms with van der Waals surface area (Å²) in [6, 6.07) is 0. The predicted octanol–water partition coefficient (Wildman–Crippen LogP) is 16.0. The van der Waals surface area contributed by atoms with Crippen LogP contribution in [-0.4, -0.2) is 74.9 Å². The predicted molar refractivity (Wildman–Crippen MR) is 288 cm³/mol. The van der Waals surface area contributed by atoms with Crippen LogP contribution in [0.1, 0.15) is 181 Å². The second kappa shape index (κ2) is 48.4. The van der Waals surface area contributed by atoms with Crippen molar-refractivity contribution in [2.45, 2.75) is 187 Å². The van der Waals surface area contributed by atoms with Gasteiger partial charge in [0.05, 0.1) is 27.7 Å². The van der Waals surface area contributed by atoms with Crippen molar-refractivity contribution in [3.8, 4) is 0 Å². The number of quaternary nitrogens is 1. The maximum atomic E-state index is 12.8. The molecule has 386 valence electrons. The molecule has 0 rings (SSSR count). The topological polar surface area (TPSA) is 108 Å². The summed E-state index contributed by atoms with van der Waals surface area (Å²) >= 11 is 0. The number of allylic oxidation sites excluding steroid dienone is 20. The van der Waals surface area contributed by atoms with Crippen LogP contribution in [0.15, 0.2) is 122 Å². The lowest BCUT2D eigenvalue weighted by atomic mass is 10.1. The first kappa shape index (κ1) is 64.4. The standard InChI is InChI=1S/C58H96NO8P/c1-6-8-10-12-14-16-18-20-22-24-26-28-29-31-32-34-36-38-40-42-44-46-48-50-57(60)64-54-56(55-66-68(62,63)65-53-52-59(3,4)5)67-58(61)51-49-47-45-43-41-39-37-35-33-30-27-25-23-21-19-17-15-13-11-9-7-2/h8-11,14-17,20-23,26-28,30,35,37,41,43,56H,6-7,12-13,18-19,24-25,29,31-34,36,38-40,42,44-55H2,1-5H3/p+1/b10-8-,11-9-,16-14-,17-15-,22-20-,23-21-,28-26-,30-27-,37-35-,43-41-. The minimum Gasteiger partial charge on any atom is -0.462 e. The highest BCUT2D eigenvalue weighted by atomic mass is 31.2. The molecular formula is C58H97NO8P+. The smallest absolute Gasteiger partial charge is 0.462 e. The highest BCUT2D eigenvalue weighted by Crippen LogP contribution is 2.43. The Kier molecular flexibility index (Phi) is 45.9. The second-order valence-corrected chi connectivity index (χ2v) is 19.6. The van der Waals surface area contributed by atoms with Gasteiger partial charge in [-0.2, -0.15) is 0 Å². The van der Waals surface area contributed by atoms with E-state index in [-0.39, 0.29) is 32.0 Å². The first-order valence-electron chi connectivity index (χ1n) is 26.3. The SMILES string of the molecule is CC/C=C\C/C=C\C/C=C\C/C=C\C/C=C\C/C=C\CCCCC(=O)OC(COC(=O)CCCCCCCCCCCC/C=C\C/C=C\C/C=C\C/C=C\CC)COP(=O)(O)OCC[N+](C)(C)C. The van der Waals surface area contributed by atoms with E-state index in [1.54, 1.807) is 0 Å². The van der Waals surface area contributed by atoms with E-state index in [2.05, 4.69) is 135 Å². The minimum atomic E-state index is -4.41. The van der Waals surface area contributed by atoms with Crippen LogP contribution in [0.2, 0.25) is 0 Å². The highest BCUT2D eigenvalue weighted by Gasteiger charge is 2.27. The maximum Gasteiger partial charge on any atom is 0.472 e. The average Bonchev–Trinajstić information content (AvgIpc) is 3.30. The van der Waals surface area contributed by atoms with E-state index in [9.17, 15) is 19.0 Å². The number of esters is 2. The fourth-order valence-electron chi connectivity index (χ4n) is 6.48. The number of carbonyl (C=O) groups excluding carboxylic acids is 2. The monoisotopic (exact) mass is 967 g/mol. The van der Waals surface area contributed by atoms with Crippen LogP contribution >= 0.6 is 7.82 Å². The lowest BCUT2D eigenvalue weighted by Crippen LogP contribution is -2.37. The second-order valence-electron chi connectivity index (χ2n) is 18.1. The van der Waals surface area contributed by atoms with Gasteiger partial charge in [-0.15, -0.1) is 0 Å². The lowest BCUT2D eigenvalue weighted by molar-refractivity contribution is -0.870. The molecule has 0 fully saturated rings. The van der Waals surface area contributed by atoms with Crippen molar-refractivity contribution in [3.05, 3.63) is 122 Å². The molecule has 2 atom stereocenters. The molecule has 0 aromatic carbocycles. The van der Waals surface area contributed by atoms with Gasteiger partial charge in [-0.05, 0) is 103 Å². The fourth-order valence-corrected chi connectivity index (χ4v) is 7.22. The average molecular weight is 967 g/mol. The Morgan fingerprint density at radius 1 is 0.456 bits per heavy atom. The molecule has 0 radical (unpaired) electrons. The van der Waals surface area contributed by atoms with Crippen molar-refractivity contribution in [1.29, 1.82) is 0 Å². The van der Waals surface area contributed by atoms with Gasteiger partial charge in [-0.3, -0.25) is 18.6 Å². The van der Waals surface area contributed by atoms with E-state index in [0.717, 1.165) is 109 Å². The lowest BCUT2D eigenvalue weighted by Gasteiger charge is -2.24. The number of rotatable bonds is 46. The molecule has 2 unspecified atom stereocenters. The van der Waals surface area contributed by atoms with E-state index < -0.39 is 26.5 Å². The molecule has 0 amide bonds. The number of hydrogen-bond donors (Lipinski definition) is 1. The van der Waals surface area contributed by atoms with E-state index in [1.165, 1.54) is 38.5 Å². The summed E-state index contributed by atoms with van der Waals surface area (Å²) in [6.45, 7) is 4.13. The van der Waals surface area contributed by atoms with E-state index >= 15 is 0 Å². The van der Waals surface area contributed by atoms with Gasteiger partial charge in [0.1, 0.15) is 19.8 Å². The number of nitrogens with zero attached hydrogens (tertiary/aromatic N) is 1. The number of phosphoric ester groups is 1. The molecule has 0 saturated carbocycles. The molecular weight excluding hydrogens is 870 g/mol. The summed E-state index contributed by atoms with van der Waals surface area (Å²) in [5.41, 5.74) is 0. The molecule has 0 bridgehead atoms. The van der Waals surface area contributed by atoms with Crippen LogP contribution in [0, 0.1) is 0 Å². The summed E-state index contributed by atoms with van der Waals surface area (Å²) in [4.78, 5) is 35.6. The third-order valence-corrected chi connectivity index (χ3v) is 11.5. The Morgan fingerprint density at radius 2 is 0.794 bits per heavy atom. The van der Waals surface area contributed by atoms with Crippen molar-refractivity contribution in [2.75, 3.05) is 47.5 Å². The number of likely N-dealkylation sites (N-methyl/N-ethyl adjacent to an activating group) is 1. The van der Waals surface area contributed by atoms with Crippen molar-refractivity contribution < 1.29 is 42.1 Å². The first-order valence-corrected chi connectivity index (χ1v) is 27.8. The van der Waals surface area contributed by atoms with Gasteiger partial charge >= 0.3 is 19.8 Å². The Labute approximate surface area is 416 Å². The molecule has 9 nitrogen and oxygen atoms in total. The summed E-state index contributed by atoms with van der Waals surface area (Å²) < 4.78 is 34.4. The fraction of sp³-hybridized carbons (Fsp3) is 0.621. The molecule has 0 spiro atoms. The molecule has 0 aliphatic carbocycles. The van der Waals surface area contributed by atoms with Gasteiger partial charge in [-0.25, -0.2) is 4.57 Å². The number of unbranched alkanes of at least 4 members (excludes halogenated alkanes) is 12. The molecule has 0 heterocycles. The summed E-state index contributed by atoms with van der Waals surface area (Å²) in [5.74, 6) is -0.864. The molecule has 0 aliphatic rings. The van der Waals surface area contributed by atoms with Gasteiger partial charge in [0.2, 0.25) is 0 Å². The summed E-state index contributed by atoms with van der Waals surface area (Å²) in [6.07, 6.45) is 68.3. The summed E-state index contributed by atoms with van der Waals surface area (Å²) in [7, 11) is 1.42. The zero-order chi connectivity index (χ0) is 49.9. The van der Waals surface area contributed by atoms with Gasteiger partial charge < -0.3 is 18.9 Å². The molecule has 0 aliphatic heterocycles. The van der Waals surface area contributed by atoms with E-state index in [0.29, 0.717) is 17.4 Å². The molecule has 68 heavy (non-hydrogen) atoms. The third-order valence-electron chi connectivity index (χ3n) is 10.5. The molecule has 0 saturated heterocycles. The van der Waals surface area contributed by atoms with Crippen LogP contribution < -0.4 is 0 Å². The van der Waals surface area contributed by atoms with Gasteiger partial charge in [0.25, 0.3) is 0 Å². The van der Waals surface area contributed by atoms with Crippen molar-refractivity contribution in [2.24, 2.45) is 0 Å². The van der Waals surface area contributed by atoms with Crippen LogP contribution in [0.3, 0.4) is 0 Å². The van der Waals surface area contributed by atoms with Crippen LogP contribution in [0.5, 0.6) is 0 Å². The Bertz CT molecular complexity index is 1560. The van der Waals surface area contributed by atoms with Crippen molar-refractivity contribution in [1.82, 2.24) is 0 Å². The number of phosphoric acid groups is 1. The normalized spacial score (nSPS) is 14.4. The minimum absolute atomic E-state index is 0.0151. The van der Waals surface area contributed by atoms with Crippen LogP contribution in [0.4, 0.5) is 0 Å². The van der Waals surface area contributed by atoms with Crippen LogP contribution in [-0.2, 0) is 32.7 Å². The van der Waals surface area contributed by atoms with Crippen LogP contribution in [0.25, 0.3) is 0 Å². The molecule has 0 aromatic rings. The first-order chi connectivity index (χ1) is 33.0. The zero-order valence-electron chi connectivity index (χ0n) is 43.5. The van der Waals surface area contributed by atoms with Gasteiger partial charge in [0.15, 0.2) is 6.10 Å². The molecule has 1 N–H and O–H groups in total. The van der Waals surface area contributed by atoms with Crippen molar-refractivity contribution in [3.63, 3.8) is 0 Å². The summed E-state index contributed by atoms with van der Waals surface area (Å²) in [5, 5.41) is 0. The van der Waals surface area contributed by atoms with Gasteiger partial charge in [-0.1, -0.05) is 187 Å². The van der Waals surface area contributed by atoms with E-state index in [1.807, 2.05) is 21.1 Å². The quantitative estimate of drug-likeness (QED) is 0.0211. The Morgan fingerprint density at radius 3 is 1.21 bits per heavy atom. The highest BCUT2D eigenvalue weighted by molar-refractivity contribution is 7.47. The maximum absolute atomic E-state index is 12.8. The van der Waals surface area contributed by atoms with E-state index in [4.69, 9.17) is 18.5 Å². The van der Waals surface area contributed by atoms with Gasteiger partial charge in [0, 0.05) is 12.8 Å². The Balaban J connectivity index is 4.35. The molecule has 10 heteroatoms. The number of hydrogen-bond acceptors (Lipinski definition) is 7. The zero-order valence-corrected chi connectivity index (χ0v) is 44.4. The largest absolute Gasteiger partial charge is 0.472 e. The number of carbonyl (C=O) groups is 2. The number of ether oxygens (including phenoxy) is 2. The Hall–Kier alpha value is -3.59.